The lowest BCUT2D eigenvalue weighted by molar-refractivity contribution is -0.134. The van der Waals surface area contributed by atoms with Crippen molar-refractivity contribution in [3.8, 4) is 0 Å². The van der Waals surface area contributed by atoms with Crippen molar-refractivity contribution in [1.29, 1.82) is 0 Å². The lowest BCUT2D eigenvalue weighted by atomic mass is 10.0. The van der Waals surface area contributed by atoms with E-state index in [1.54, 1.807) is 42.5 Å². The van der Waals surface area contributed by atoms with Crippen LogP contribution in [0.25, 0.3) is 0 Å². The van der Waals surface area contributed by atoms with E-state index in [1.165, 1.54) is 7.11 Å². The Kier molecular flexibility index (Phi) is 6.82. The number of carbonyl (C=O) groups is 2. The molecular formula is C18H18Cl2N2O3. The van der Waals surface area contributed by atoms with Gasteiger partial charge in [-0.2, -0.15) is 0 Å². The topological polar surface area (TPSA) is 81.4 Å². The van der Waals surface area contributed by atoms with Crippen LogP contribution >= 0.6 is 23.2 Å². The minimum Gasteiger partial charge on any atom is -0.368 e. The van der Waals surface area contributed by atoms with E-state index in [4.69, 9.17) is 33.7 Å². The molecule has 0 spiro atoms. The summed E-state index contributed by atoms with van der Waals surface area (Å²) in [5.41, 5.74) is 6.65. The number of hydrogen-bond acceptors (Lipinski definition) is 3. The van der Waals surface area contributed by atoms with Gasteiger partial charge in [0.25, 0.3) is 5.91 Å². The highest BCUT2D eigenvalue weighted by Crippen LogP contribution is 2.26. The summed E-state index contributed by atoms with van der Waals surface area (Å²) in [6, 6.07) is 13.0. The second-order valence-corrected chi connectivity index (χ2v) is 6.21. The third-order valence-corrected chi connectivity index (χ3v) is 4.41. The predicted octanol–water partition coefficient (Wildman–Crippen LogP) is 2.89. The summed E-state index contributed by atoms with van der Waals surface area (Å²) in [6.07, 6.45) is -0.769. The number of methoxy groups -OCH3 is 1. The lowest BCUT2D eigenvalue weighted by Crippen LogP contribution is -2.47. The number of ether oxygens (including phenoxy) is 1. The van der Waals surface area contributed by atoms with Crippen LogP contribution in [0, 0.1) is 0 Å². The summed E-state index contributed by atoms with van der Waals surface area (Å²) in [5.74, 6) is -1.16. The van der Waals surface area contributed by atoms with E-state index < -0.39 is 24.0 Å². The summed E-state index contributed by atoms with van der Waals surface area (Å²) < 4.78 is 5.26. The van der Waals surface area contributed by atoms with Crippen LogP contribution in [0.1, 0.15) is 17.2 Å². The van der Waals surface area contributed by atoms with Crippen LogP contribution in [0.5, 0.6) is 0 Å². The van der Waals surface area contributed by atoms with Gasteiger partial charge in [0.1, 0.15) is 6.04 Å². The monoisotopic (exact) mass is 380 g/mol. The Bertz CT molecular complexity index is 733. The SMILES string of the molecule is CO[C@H](C(=O)N[C@H](Cc1c(Cl)cccc1Cl)C(N)=O)c1ccccc1. The van der Waals surface area contributed by atoms with Gasteiger partial charge in [0, 0.05) is 23.6 Å². The van der Waals surface area contributed by atoms with Crippen molar-refractivity contribution in [2.75, 3.05) is 7.11 Å². The molecule has 5 nitrogen and oxygen atoms in total. The Labute approximate surface area is 156 Å². The molecule has 7 heteroatoms. The van der Waals surface area contributed by atoms with Gasteiger partial charge in [-0.3, -0.25) is 9.59 Å². The Hall–Kier alpha value is -2.08. The molecule has 0 fully saturated rings. The number of nitrogens with one attached hydrogen (secondary N) is 1. The summed E-state index contributed by atoms with van der Waals surface area (Å²) in [5, 5.41) is 3.42. The van der Waals surface area contributed by atoms with Crippen LogP contribution in [0.2, 0.25) is 10.0 Å². The minimum atomic E-state index is -0.966. The molecule has 0 radical (unpaired) electrons. The number of carbonyl (C=O) groups excluding carboxylic acids is 2. The molecule has 132 valence electrons. The van der Waals surface area contributed by atoms with Gasteiger partial charge in [0.05, 0.1) is 0 Å². The average molecular weight is 381 g/mol. The fourth-order valence-corrected chi connectivity index (χ4v) is 2.98. The first-order valence-corrected chi connectivity index (χ1v) is 8.30. The van der Waals surface area contributed by atoms with E-state index in [0.717, 1.165) is 0 Å². The van der Waals surface area contributed by atoms with Crippen LogP contribution in [0.4, 0.5) is 0 Å². The molecule has 0 aliphatic rings. The van der Waals surface area contributed by atoms with Crippen LogP contribution < -0.4 is 11.1 Å². The van der Waals surface area contributed by atoms with Crippen molar-refractivity contribution in [3.63, 3.8) is 0 Å². The van der Waals surface area contributed by atoms with Crippen molar-refractivity contribution in [2.45, 2.75) is 18.6 Å². The van der Waals surface area contributed by atoms with Gasteiger partial charge < -0.3 is 15.8 Å². The zero-order valence-electron chi connectivity index (χ0n) is 13.5. The number of rotatable bonds is 7. The maximum atomic E-state index is 12.5. The largest absolute Gasteiger partial charge is 0.368 e. The Morgan fingerprint density at radius 1 is 1.08 bits per heavy atom. The van der Waals surface area contributed by atoms with Gasteiger partial charge in [-0.1, -0.05) is 59.6 Å². The molecule has 0 saturated carbocycles. The summed E-state index contributed by atoms with van der Waals surface area (Å²) in [7, 11) is 1.42. The summed E-state index contributed by atoms with van der Waals surface area (Å²) in [6.45, 7) is 0. The molecule has 0 heterocycles. The summed E-state index contributed by atoms with van der Waals surface area (Å²) >= 11 is 12.3. The number of hydrogen-bond donors (Lipinski definition) is 2. The van der Waals surface area contributed by atoms with E-state index >= 15 is 0 Å². The maximum Gasteiger partial charge on any atom is 0.254 e. The van der Waals surface area contributed by atoms with Crippen molar-refractivity contribution < 1.29 is 14.3 Å². The molecule has 2 rings (SSSR count). The highest BCUT2D eigenvalue weighted by Gasteiger charge is 2.26. The van der Waals surface area contributed by atoms with Crippen molar-refractivity contribution in [3.05, 3.63) is 69.7 Å². The first kappa shape index (κ1) is 19.2. The van der Waals surface area contributed by atoms with Crippen molar-refractivity contribution in [1.82, 2.24) is 5.32 Å². The zero-order chi connectivity index (χ0) is 18.4. The molecule has 2 aromatic rings. The predicted molar refractivity (Wildman–Crippen MR) is 97.5 cm³/mol. The molecule has 3 N–H and O–H groups in total. The smallest absolute Gasteiger partial charge is 0.254 e. The van der Waals surface area contributed by atoms with Gasteiger partial charge in [-0.05, 0) is 23.3 Å². The molecule has 0 aromatic heterocycles. The molecule has 25 heavy (non-hydrogen) atoms. The van der Waals surface area contributed by atoms with Crippen molar-refractivity contribution >= 4 is 35.0 Å². The van der Waals surface area contributed by atoms with Gasteiger partial charge in [0.2, 0.25) is 5.91 Å². The maximum absolute atomic E-state index is 12.5. The minimum absolute atomic E-state index is 0.0881. The standard InChI is InChI=1S/C18H18Cl2N2O3/c1-25-16(11-6-3-2-4-7-11)18(24)22-15(17(21)23)10-12-13(19)8-5-9-14(12)20/h2-9,15-16H,10H2,1H3,(H2,21,23)(H,22,24)/t15-,16+/m1/s1. The Morgan fingerprint density at radius 2 is 1.68 bits per heavy atom. The molecule has 2 amide bonds. The molecular weight excluding hydrogens is 363 g/mol. The third kappa shape index (κ3) is 4.95. The number of halogens is 2. The molecule has 2 atom stereocenters. The van der Waals surface area contributed by atoms with Gasteiger partial charge >= 0.3 is 0 Å². The lowest BCUT2D eigenvalue weighted by Gasteiger charge is -2.21. The third-order valence-electron chi connectivity index (χ3n) is 3.71. The van der Waals surface area contributed by atoms with Crippen LogP contribution in [0.3, 0.4) is 0 Å². The first-order chi connectivity index (χ1) is 11.9. The quantitative estimate of drug-likeness (QED) is 0.774. The first-order valence-electron chi connectivity index (χ1n) is 7.54. The normalized spacial score (nSPS) is 13.1. The second-order valence-electron chi connectivity index (χ2n) is 5.39. The van der Waals surface area contributed by atoms with Crippen LogP contribution in [-0.4, -0.2) is 25.0 Å². The Morgan fingerprint density at radius 3 is 2.20 bits per heavy atom. The fraction of sp³-hybridized carbons (Fsp3) is 0.222. The van der Waals surface area contributed by atoms with Gasteiger partial charge in [-0.25, -0.2) is 0 Å². The van der Waals surface area contributed by atoms with Crippen LogP contribution in [-0.2, 0) is 20.7 Å². The Balaban J connectivity index is 2.18. The average Bonchev–Trinajstić information content (AvgIpc) is 2.58. The fourth-order valence-electron chi connectivity index (χ4n) is 2.42. The molecule has 0 bridgehead atoms. The number of benzene rings is 2. The molecule has 2 aromatic carbocycles. The number of primary amides is 1. The van der Waals surface area contributed by atoms with E-state index in [0.29, 0.717) is 21.2 Å². The number of amides is 2. The van der Waals surface area contributed by atoms with Crippen molar-refractivity contribution in [2.24, 2.45) is 5.73 Å². The highest BCUT2D eigenvalue weighted by molar-refractivity contribution is 6.36. The van der Waals surface area contributed by atoms with Gasteiger partial charge in [-0.15, -0.1) is 0 Å². The molecule has 0 aliphatic carbocycles. The van der Waals surface area contributed by atoms with E-state index in [2.05, 4.69) is 5.32 Å². The molecule has 0 aliphatic heterocycles. The van der Waals surface area contributed by atoms with Crippen LogP contribution in [0.15, 0.2) is 48.5 Å². The summed E-state index contributed by atoms with van der Waals surface area (Å²) in [4.78, 5) is 24.3. The van der Waals surface area contributed by atoms with E-state index in [-0.39, 0.29) is 6.42 Å². The second kappa shape index (κ2) is 8.85. The zero-order valence-corrected chi connectivity index (χ0v) is 15.1. The molecule has 0 unspecified atom stereocenters. The van der Waals surface area contributed by atoms with E-state index in [1.807, 2.05) is 6.07 Å². The van der Waals surface area contributed by atoms with Gasteiger partial charge in [0.15, 0.2) is 6.10 Å². The molecule has 0 saturated heterocycles. The van der Waals surface area contributed by atoms with E-state index in [9.17, 15) is 9.59 Å². The number of nitrogens with two attached hydrogens (primary N) is 1. The highest BCUT2D eigenvalue weighted by atomic mass is 35.5.